The van der Waals surface area contributed by atoms with E-state index in [0.29, 0.717) is 5.56 Å². The molecule has 4 aromatic rings. The van der Waals surface area contributed by atoms with Crippen LogP contribution in [0.15, 0.2) is 66.7 Å². The van der Waals surface area contributed by atoms with Gasteiger partial charge < -0.3 is 10.4 Å². The van der Waals surface area contributed by atoms with Gasteiger partial charge in [0, 0.05) is 11.1 Å². The van der Waals surface area contributed by atoms with E-state index in [4.69, 9.17) is 0 Å². The second-order valence-electron chi connectivity index (χ2n) is 7.13. The molecule has 0 unspecified atom stereocenters. The molecule has 0 aromatic heterocycles. The summed E-state index contributed by atoms with van der Waals surface area (Å²) in [6.45, 7) is 0. The molecule has 2 N–H and O–H groups in total. The number of rotatable bonds is 2. The molecule has 0 aliphatic heterocycles. The van der Waals surface area contributed by atoms with E-state index in [-0.39, 0.29) is 11.7 Å². The fourth-order valence-electron chi connectivity index (χ4n) is 3.98. The number of nitrogens with one attached hydrogen (secondary N) is 1. The summed E-state index contributed by atoms with van der Waals surface area (Å²) in [5.41, 5.74) is 1.04. The molecule has 4 aromatic carbocycles. The molecule has 0 heterocycles. The number of benzene rings is 4. The Labute approximate surface area is 162 Å². The molecule has 0 atom stereocenters. The predicted molar refractivity (Wildman–Crippen MR) is 115 cm³/mol. The lowest BCUT2D eigenvalue weighted by Crippen LogP contribution is -2.28. The second-order valence-corrected chi connectivity index (χ2v) is 7.13. The molecule has 1 aliphatic carbocycles. The summed E-state index contributed by atoms with van der Waals surface area (Å²) in [6.07, 6.45) is 6.11. The van der Waals surface area contributed by atoms with Gasteiger partial charge in [0.2, 0.25) is 0 Å². The highest BCUT2D eigenvalue weighted by Crippen LogP contribution is 2.32. The monoisotopic (exact) mass is 365 g/mol. The van der Waals surface area contributed by atoms with E-state index in [0.717, 1.165) is 50.5 Å². The van der Waals surface area contributed by atoms with Crippen molar-refractivity contribution in [3.63, 3.8) is 0 Å². The van der Waals surface area contributed by atoms with Gasteiger partial charge in [-0.2, -0.15) is 0 Å². The van der Waals surface area contributed by atoms with Gasteiger partial charge in [-0.25, -0.2) is 0 Å². The van der Waals surface area contributed by atoms with Gasteiger partial charge >= 0.3 is 0 Å². The Bertz CT molecular complexity index is 1370. The Morgan fingerprint density at radius 1 is 0.786 bits per heavy atom. The van der Waals surface area contributed by atoms with Crippen molar-refractivity contribution in [2.45, 2.75) is 12.8 Å². The zero-order chi connectivity index (χ0) is 19.1. The molecule has 0 spiro atoms. The van der Waals surface area contributed by atoms with Gasteiger partial charge in [-0.15, -0.1) is 0 Å². The van der Waals surface area contributed by atoms with Crippen LogP contribution in [0, 0.1) is 0 Å². The Balaban J connectivity index is 1.63. The van der Waals surface area contributed by atoms with Gasteiger partial charge in [-0.05, 0) is 57.6 Å². The van der Waals surface area contributed by atoms with Crippen molar-refractivity contribution in [3.05, 3.63) is 82.7 Å². The van der Waals surface area contributed by atoms with E-state index in [1.165, 1.54) is 0 Å². The molecule has 5 rings (SSSR count). The highest BCUT2D eigenvalue weighted by Gasteiger charge is 2.15. The lowest BCUT2D eigenvalue weighted by Gasteiger charge is -2.13. The zero-order valence-corrected chi connectivity index (χ0v) is 15.3. The summed E-state index contributed by atoms with van der Waals surface area (Å²) in [4.78, 5) is 13.0. The number of amides is 1. The number of phenols is 1. The highest BCUT2D eigenvalue weighted by molar-refractivity contribution is 6.17. The summed E-state index contributed by atoms with van der Waals surface area (Å²) in [5, 5.41) is 19.7. The first-order valence-corrected chi connectivity index (χ1v) is 9.46. The SMILES string of the molecule is O=C(Nc1cc2ccccc2c2ccccc12)c1cc2c(cc1O)=CCCC=2. The maximum absolute atomic E-state index is 13.0. The third-order valence-electron chi connectivity index (χ3n) is 5.36. The molecule has 0 radical (unpaired) electrons. The summed E-state index contributed by atoms with van der Waals surface area (Å²) in [5.74, 6) is -0.299. The Hall–Kier alpha value is -3.59. The molecule has 0 bridgehead atoms. The minimum absolute atomic E-state index is 0.00731. The molecule has 3 nitrogen and oxygen atoms in total. The average Bonchev–Trinajstić information content (AvgIpc) is 2.73. The summed E-state index contributed by atoms with van der Waals surface area (Å²) < 4.78 is 0. The van der Waals surface area contributed by atoms with Crippen molar-refractivity contribution in [1.29, 1.82) is 0 Å². The molecule has 1 amide bonds. The average molecular weight is 365 g/mol. The van der Waals surface area contributed by atoms with Gasteiger partial charge in [0.25, 0.3) is 5.91 Å². The minimum atomic E-state index is -0.306. The van der Waals surface area contributed by atoms with Crippen molar-refractivity contribution >= 4 is 45.3 Å². The van der Waals surface area contributed by atoms with Crippen LogP contribution in [-0.4, -0.2) is 11.0 Å². The van der Waals surface area contributed by atoms with Gasteiger partial charge in [0.05, 0.1) is 5.56 Å². The van der Waals surface area contributed by atoms with E-state index in [1.807, 2.05) is 42.5 Å². The Morgan fingerprint density at radius 2 is 1.43 bits per heavy atom. The number of carbonyl (C=O) groups excluding carboxylic acids is 1. The number of anilines is 1. The van der Waals surface area contributed by atoms with Crippen molar-refractivity contribution in [1.82, 2.24) is 0 Å². The number of phenolic OH excluding ortho intramolecular Hbond substituents is 1. The summed E-state index contributed by atoms with van der Waals surface area (Å²) in [7, 11) is 0. The van der Waals surface area contributed by atoms with E-state index in [1.54, 1.807) is 12.1 Å². The van der Waals surface area contributed by atoms with Crippen LogP contribution in [0.3, 0.4) is 0 Å². The van der Waals surface area contributed by atoms with E-state index < -0.39 is 0 Å². The first kappa shape index (κ1) is 16.6. The largest absolute Gasteiger partial charge is 0.507 e. The molecule has 0 fully saturated rings. The fourth-order valence-corrected chi connectivity index (χ4v) is 3.98. The third-order valence-corrected chi connectivity index (χ3v) is 5.36. The molecule has 136 valence electrons. The second kappa shape index (κ2) is 6.54. The van der Waals surface area contributed by atoms with Crippen LogP contribution in [0.1, 0.15) is 23.2 Å². The Kier molecular flexibility index (Phi) is 3.87. The molecule has 3 heteroatoms. The number of hydrogen-bond acceptors (Lipinski definition) is 2. The van der Waals surface area contributed by atoms with Crippen LogP contribution >= 0.6 is 0 Å². The highest BCUT2D eigenvalue weighted by atomic mass is 16.3. The maximum atomic E-state index is 13.0. The molecular weight excluding hydrogens is 346 g/mol. The van der Waals surface area contributed by atoms with Gasteiger partial charge in [0.1, 0.15) is 5.75 Å². The quantitative estimate of drug-likeness (QED) is 0.520. The minimum Gasteiger partial charge on any atom is -0.507 e. The van der Waals surface area contributed by atoms with E-state index >= 15 is 0 Å². The van der Waals surface area contributed by atoms with Crippen LogP contribution in [0.2, 0.25) is 0 Å². The number of aromatic hydroxyl groups is 1. The standard InChI is InChI=1S/C25H19NO2/c27-24-15-17-8-2-1-7-16(17)13-22(24)25(28)26-23-14-18-9-3-4-10-19(18)20-11-5-6-12-21(20)23/h3-15,27H,1-2H2,(H,26,28). The van der Waals surface area contributed by atoms with Crippen LogP contribution < -0.4 is 15.8 Å². The van der Waals surface area contributed by atoms with Crippen molar-refractivity contribution in [2.75, 3.05) is 5.32 Å². The maximum Gasteiger partial charge on any atom is 0.259 e. The first-order chi connectivity index (χ1) is 13.7. The molecule has 28 heavy (non-hydrogen) atoms. The lowest BCUT2D eigenvalue weighted by molar-refractivity contribution is 0.102. The molecule has 0 saturated heterocycles. The number of fused-ring (bicyclic) bond motifs is 4. The van der Waals surface area contributed by atoms with Crippen LogP contribution in [0.4, 0.5) is 5.69 Å². The third kappa shape index (κ3) is 2.72. The topological polar surface area (TPSA) is 49.3 Å². The van der Waals surface area contributed by atoms with Gasteiger partial charge in [0.15, 0.2) is 0 Å². The van der Waals surface area contributed by atoms with Crippen molar-refractivity contribution in [3.8, 4) is 5.75 Å². The summed E-state index contributed by atoms with van der Waals surface area (Å²) >= 11 is 0. The van der Waals surface area contributed by atoms with E-state index in [2.05, 4.69) is 29.6 Å². The lowest BCUT2D eigenvalue weighted by atomic mass is 10.00. The smallest absolute Gasteiger partial charge is 0.259 e. The van der Waals surface area contributed by atoms with Crippen LogP contribution in [0.25, 0.3) is 33.7 Å². The van der Waals surface area contributed by atoms with Gasteiger partial charge in [-0.3, -0.25) is 4.79 Å². The number of carbonyl (C=O) groups is 1. The molecule has 1 aliphatic rings. The number of hydrogen-bond donors (Lipinski definition) is 2. The van der Waals surface area contributed by atoms with Crippen LogP contribution in [-0.2, 0) is 0 Å². The van der Waals surface area contributed by atoms with Gasteiger partial charge in [-0.1, -0.05) is 60.7 Å². The molecular formula is C25H19NO2. The van der Waals surface area contributed by atoms with Crippen molar-refractivity contribution in [2.24, 2.45) is 0 Å². The predicted octanol–water partition coefficient (Wildman–Crippen LogP) is 4.31. The zero-order valence-electron chi connectivity index (χ0n) is 15.3. The normalized spacial score (nSPS) is 12.9. The van der Waals surface area contributed by atoms with Crippen molar-refractivity contribution < 1.29 is 9.90 Å². The Morgan fingerprint density at radius 3 is 2.21 bits per heavy atom. The summed E-state index contributed by atoms with van der Waals surface area (Å²) in [6, 6.07) is 21.6. The fraction of sp³-hybridized carbons (Fsp3) is 0.0800. The van der Waals surface area contributed by atoms with E-state index in [9.17, 15) is 9.90 Å². The first-order valence-electron chi connectivity index (χ1n) is 9.46. The molecule has 0 saturated carbocycles. The van der Waals surface area contributed by atoms with Crippen LogP contribution in [0.5, 0.6) is 5.75 Å².